The maximum atomic E-state index is 12.7. The van der Waals surface area contributed by atoms with Gasteiger partial charge >= 0.3 is 0 Å². The molecule has 0 bridgehead atoms. The molecule has 76 valence electrons. The summed E-state index contributed by atoms with van der Waals surface area (Å²) in [7, 11) is 0. The number of aromatic hydroxyl groups is 1. The predicted octanol–water partition coefficient (Wildman–Crippen LogP) is 2.33. The van der Waals surface area contributed by atoms with Gasteiger partial charge in [0.15, 0.2) is 0 Å². The maximum Gasteiger partial charge on any atom is 0.126 e. The molecule has 3 N–H and O–H groups in total. The first-order chi connectivity index (χ1) is 6.68. The van der Waals surface area contributed by atoms with E-state index in [1.165, 1.54) is 12.5 Å². The molecule has 0 aromatic heterocycles. The van der Waals surface area contributed by atoms with Gasteiger partial charge in [0, 0.05) is 17.7 Å². The highest BCUT2D eigenvalue weighted by Crippen LogP contribution is 2.38. The van der Waals surface area contributed by atoms with Gasteiger partial charge in [0.2, 0.25) is 0 Å². The first-order valence-electron chi connectivity index (χ1n) is 4.92. The molecule has 0 unspecified atom stereocenters. The minimum absolute atomic E-state index is 0.0237. The SMILES string of the molecule is N[C@@H](c1ccc(F)cc1O)C1CCC1. The summed E-state index contributed by atoms with van der Waals surface area (Å²) in [6, 6.07) is 3.89. The number of benzene rings is 1. The second kappa shape index (κ2) is 3.58. The van der Waals surface area contributed by atoms with Crippen LogP contribution < -0.4 is 5.73 Å². The van der Waals surface area contributed by atoms with Gasteiger partial charge in [0.1, 0.15) is 11.6 Å². The fourth-order valence-electron chi connectivity index (χ4n) is 1.85. The number of nitrogens with two attached hydrogens (primary N) is 1. The van der Waals surface area contributed by atoms with Gasteiger partial charge in [-0.05, 0) is 24.8 Å². The van der Waals surface area contributed by atoms with E-state index in [9.17, 15) is 9.50 Å². The molecule has 2 rings (SSSR count). The summed E-state index contributed by atoms with van der Waals surface area (Å²) >= 11 is 0. The Morgan fingerprint density at radius 3 is 2.64 bits per heavy atom. The van der Waals surface area contributed by atoms with Crippen LogP contribution in [0.5, 0.6) is 5.75 Å². The average molecular weight is 195 g/mol. The van der Waals surface area contributed by atoms with Crippen molar-refractivity contribution in [2.75, 3.05) is 0 Å². The smallest absolute Gasteiger partial charge is 0.126 e. The van der Waals surface area contributed by atoms with Crippen molar-refractivity contribution in [1.82, 2.24) is 0 Å². The number of hydrogen-bond acceptors (Lipinski definition) is 2. The second-order valence-corrected chi connectivity index (χ2v) is 3.92. The van der Waals surface area contributed by atoms with Crippen molar-refractivity contribution in [2.45, 2.75) is 25.3 Å². The summed E-state index contributed by atoms with van der Waals surface area (Å²) in [4.78, 5) is 0. The van der Waals surface area contributed by atoms with Crippen molar-refractivity contribution < 1.29 is 9.50 Å². The van der Waals surface area contributed by atoms with Crippen molar-refractivity contribution in [3.8, 4) is 5.75 Å². The predicted molar refractivity (Wildman–Crippen MR) is 52.3 cm³/mol. The lowest BCUT2D eigenvalue weighted by molar-refractivity contribution is 0.260. The topological polar surface area (TPSA) is 46.2 Å². The van der Waals surface area contributed by atoms with Crippen molar-refractivity contribution in [1.29, 1.82) is 0 Å². The summed E-state index contributed by atoms with van der Waals surface area (Å²) in [6.45, 7) is 0. The number of phenols is 1. The Bertz CT molecular complexity index is 336. The van der Waals surface area contributed by atoms with Gasteiger partial charge in [-0.1, -0.05) is 12.5 Å². The van der Waals surface area contributed by atoms with Crippen LogP contribution >= 0.6 is 0 Å². The lowest BCUT2D eigenvalue weighted by atomic mass is 9.77. The Labute approximate surface area is 82.5 Å². The van der Waals surface area contributed by atoms with Gasteiger partial charge in [0.05, 0.1) is 0 Å². The molecule has 0 saturated heterocycles. The van der Waals surface area contributed by atoms with Gasteiger partial charge in [-0.3, -0.25) is 0 Å². The molecular weight excluding hydrogens is 181 g/mol. The standard InChI is InChI=1S/C11H14FNO/c12-8-4-5-9(10(14)6-8)11(13)7-2-1-3-7/h4-7,11,14H,1-3,13H2/t11-/m1/s1. The average Bonchev–Trinajstić information content (AvgIpc) is 2.00. The van der Waals surface area contributed by atoms with Crippen LogP contribution in [0.2, 0.25) is 0 Å². The first kappa shape index (κ1) is 9.46. The van der Waals surface area contributed by atoms with E-state index in [1.807, 2.05) is 0 Å². The fourth-order valence-corrected chi connectivity index (χ4v) is 1.85. The number of halogens is 1. The third kappa shape index (κ3) is 1.60. The largest absolute Gasteiger partial charge is 0.508 e. The molecule has 1 aromatic rings. The fraction of sp³-hybridized carbons (Fsp3) is 0.455. The minimum atomic E-state index is -0.424. The highest BCUT2D eigenvalue weighted by molar-refractivity contribution is 5.35. The molecule has 1 atom stereocenters. The Balaban J connectivity index is 2.22. The first-order valence-corrected chi connectivity index (χ1v) is 4.92. The van der Waals surface area contributed by atoms with Gasteiger partial charge in [-0.2, -0.15) is 0 Å². The second-order valence-electron chi connectivity index (χ2n) is 3.92. The van der Waals surface area contributed by atoms with Crippen LogP contribution in [0.4, 0.5) is 4.39 Å². The van der Waals surface area contributed by atoms with E-state index in [0.717, 1.165) is 18.9 Å². The summed E-state index contributed by atoms with van der Waals surface area (Å²) < 4.78 is 12.7. The normalized spacial score (nSPS) is 19.0. The third-order valence-corrected chi connectivity index (χ3v) is 3.01. The summed E-state index contributed by atoms with van der Waals surface area (Å²) in [5.74, 6) is 0.00261. The van der Waals surface area contributed by atoms with E-state index < -0.39 is 5.82 Å². The van der Waals surface area contributed by atoms with Crippen LogP contribution in [-0.4, -0.2) is 5.11 Å². The summed E-state index contributed by atoms with van der Waals surface area (Å²) in [6.07, 6.45) is 3.43. The highest BCUT2D eigenvalue weighted by atomic mass is 19.1. The lowest BCUT2D eigenvalue weighted by Gasteiger charge is -2.31. The number of rotatable bonds is 2. The van der Waals surface area contributed by atoms with E-state index in [1.54, 1.807) is 6.07 Å². The zero-order valence-electron chi connectivity index (χ0n) is 7.91. The molecule has 1 fully saturated rings. The number of phenolic OH excluding ortho intramolecular Hbond substituents is 1. The molecule has 3 heteroatoms. The zero-order chi connectivity index (χ0) is 10.1. The quantitative estimate of drug-likeness (QED) is 0.760. The monoisotopic (exact) mass is 195 g/mol. The van der Waals surface area contributed by atoms with Gasteiger partial charge in [-0.15, -0.1) is 0 Å². The Kier molecular flexibility index (Phi) is 2.42. The van der Waals surface area contributed by atoms with Crippen LogP contribution in [0.1, 0.15) is 30.9 Å². The van der Waals surface area contributed by atoms with Crippen LogP contribution in [0.3, 0.4) is 0 Å². The Hall–Kier alpha value is -1.09. The molecule has 0 amide bonds. The zero-order valence-corrected chi connectivity index (χ0v) is 7.91. The van der Waals surface area contributed by atoms with E-state index >= 15 is 0 Å². The molecule has 1 saturated carbocycles. The maximum absolute atomic E-state index is 12.7. The molecule has 0 radical (unpaired) electrons. The van der Waals surface area contributed by atoms with Crippen molar-refractivity contribution >= 4 is 0 Å². The van der Waals surface area contributed by atoms with Crippen LogP contribution in [0.15, 0.2) is 18.2 Å². The highest BCUT2D eigenvalue weighted by Gasteiger charge is 2.27. The molecule has 1 aliphatic rings. The Morgan fingerprint density at radius 1 is 1.43 bits per heavy atom. The van der Waals surface area contributed by atoms with Crippen molar-refractivity contribution in [3.63, 3.8) is 0 Å². The van der Waals surface area contributed by atoms with Crippen molar-refractivity contribution in [3.05, 3.63) is 29.6 Å². The van der Waals surface area contributed by atoms with Crippen LogP contribution in [0.25, 0.3) is 0 Å². The molecule has 1 aliphatic carbocycles. The van der Waals surface area contributed by atoms with Gasteiger partial charge < -0.3 is 10.8 Å². The molecule has 1 aromatic carbocycles. The number of hydrogen-bond donors (Lipinski definition) is 2. The molecule has 14 heavy (non-hydrogen) atoms. The summed E-state index contributed by atoms with van der Waals surface area (Å²) in [5.41, 5.74) is 6.63. The summed E-state index contributed by atoms with van der Waals surface area (Å²) in [5, 5.41) is 9.51. The molecular formula is C11H14FNO. The van der Waals surface area contributed by atoms with E-state index in [0.29, 0.717) is 11.5 Å². The van der Waals surface area contributed by atoms with Crippen LogP contribution in [0, 0.1) is 11.7 Å². The van der Waals surface area contributed by atoms with Crippen LogP contribution in [-0.2, 0) is 0 Å². The lowest BCUT2D eigenvalue weighted by Crippen LogP contribution is -2.26. The minimum Gasteiger partial charge on any atom is -0.508 e. The van der Waals surface area contributed by atoms with E-state index in [-0.39, 0.29) is 11.8 Å². The third-order valence-electron chi connectivity index (χ3n) is 3.01. The van der Waals surface area contributed by atoms with E-state index in [2.05, 4.69) is 0 Å². The molecule has 0 aliphatic heterocycles. The molecule has 2 nitrogen and oxygen atoms in total. The molecule has 0 spiro atoms. The van der Waals surface area contributed by atoms with E-state index in [4.69, 9.17) is 5.73 Å². The molecule has 0 heterocycles. The van der Waals surface area contributed by atoms with Crippen molar-refractivity contribution in [2.24, 2.45) is 11.7 Å². The Morgan fingerprint density at radius 2 is 2.14 bits per heavy atom. The van der Waals surface area contributed by atoms with Gasteiger partial charge in [0.25, 0.3) is 0 Å². The van der Waals surface area contributed by atoms with Gasteiger partial charge in [-0.25, -0.2) is 4.39 Å².